The van der Waals surface area contributed by atoms with Gasteiger partial charge in [0.25, 0.3) is 0 Å². The molecule has 1 N–H and O–H groups in total. The molecule has 0 radical (unpaired) electrons. The number of nitrogens with zero attached hydrogens (tertiary/aromatic N) is 3. The van der Waals surface area contributed by atoms with Gasteiger partial charge in [-0.25, -0.2) is 9.97 Å². The van der Waals surface area contributed by atoms with Crippen LogP contribution < -0.4 is 4.90 Å². The standard InChI is InChI=1S/C11H17N3O/c1-2-9-3-4-14(7-9)11-12-5-10(8-15)6-13-11/h5-6,9,15H,2-4,7-8H2,1H3. The number of aromatic nitrogens is 2. The molecule has 1 aromatic rings. The number of anilines is 1. The topological polar surface area (TPSA) is 49.2 Å². The van der Waals surface area contributed by atoms with E-state index in [4.69, 9.17) is 5.11 Å². The minimum atomic E-state index is 0.0118. The van der Waals surface area contributed by atoms with Crippen LogP contribution in [0.5, 0.6) is 0 Å². The lowest BCUT2D eigenvalue weighted by Gasteiger charge is -2.15. The summed E-state index contributed by atoms with van der Waals surface area (Å²) in [5.74, 6) is 1.58. The van der Waals surface area contributed by atoms with Crippen molar-refractivity contribution in [2.45, 2.75) is 26.4 Å². The largest absolute Gasteiger partial charge is 0.392 e. The zero-order valence-electron chi connectivity index (χ0n) is 9.06. The molecule has 0 saturated carbocycles. The fraction of sp³-hybridized carbons (Fsp3) is 0.636. The van der Waals surface area contributed by atoms with Gasteiger partial charge in [0.1, 0.15) is 0 Å². The van der Waals surface area contributed by atoms with Crippen molar-refractivity contribution in [3.05, 3.63) is 18.0 Å². The highest BCUT2D eigenvalue weighted by molar-refractivity contribution is 5.31. The second-order valence-corrected chi connectivity index (χ2v) is 4.06. The molecule has 0 bridgehead atoms. The van der Waals surface area contributed by atoms with Crippen molar-refractivity contribution in [3.63, 3.8) is 0 Å². The molecular formula is C11H17N3O. The van der Waals surface area contributed by atoms with Gasteiger partial charge in [0, 0.05) is 31.0 Å². The summed E-state index contributed by atoms with van der Waals surface area (Å²) in [5, 5.41) is 8.88. The van der Waals surface area contributed by atoms with E-state index in [-0.39, 0.29) is 6.61 Å². The SMILES string of the molecule is CCC1CCN(c2ncc(CO)cn2)C1. The Morgan fingerprint density at radius 1 is 1.47 bits per heavy atom. The van der Waals surface area contributed by atoms with Crippen LogP contribution in [0.25, 0.3) is 0 Å². The lowest BCUT2D eigenvalue weighted by Crippen LogP contribution is -2.21. The van der Waals surface area contributed by atoms with Gasteiger partial charge >= 0.3 is 0 Å². The van der Waals surface area contributed by atoms with E-state index in [1.54, 1.807) is 12.4 Å². The quantitative estimate of drug-likeness (QED) is 0.809. The molecule has 0 aromatic carbocycles. The molecule has 82 valence electrons. The molecule has 1 aromatic heterocycles. The fourth-order valence-corrected chi connectivity index (χ4v) is 1.94. The minimum absolute atomic E-state index is 0.0118. The summed E-state index contributed by atoms with van der Waals surface area (Å²) in [4.78, 5) is 10.7. The van der Waals surface area contributed by atoms with Crippen molar-refractivity contribution in [2.24, 2.45) is 5.92 Å². The average molecular weight is 207 g/mol. The maximum absolute atomic E-state index is 8.88. The molecule has 0 spiro atoms. The highest BCUT2D eigenvalue weighted by Gasteiger charge is 2.22. The number of rotatable bonds is 3. The second kappa shape index (κ2) is 4.57. The highest BCUT2D eigenvalue weighted by Crippen LogP contribution is 2.22. The van der Waals surface area contributed by atoms with Crippen LogP contribution >= 0.6 is 0 Å². The Kier molecular flexibility index (Phi) is 3.16. The molecular weight excluding hydrogens is 190 g/mol. The first-order valence-corrected chi connectivity index (χ1v) is 5.50. The van der Waals surface area contributed by atoms with E-state index in [9.17, 15) is 0 Å². The van der Waals surface area contributed by atoms with Crippen LogP contribution in [0.4, 0.5) is 5.95 Å². The van der Waals surface area contributed by atoms with E-state index in [0.29, 0.717) is 0 Å². The fourth-order valence-electron chi connectivity index (χ4n) is 1.94. The van der Waals surface area contributed by atoms with E-state index in [1.807, 2.05) is 0 Å². The van der Waals surface area contributed by atoms with Gasteiger partial charge in [-0.1, -0.05) is 13.3 Å². The van der Waals surface area contributed by atoms with Crippen molar-refractivity contribution < 1.29 is 5.11 Å². The molecule has 1 fully saturated rings. The van der Waals surface area contributed by atoms with Crippen LogP contribution in [0.2, 0.25) is 0 Å². The van der Waals surface area contributed by atoms with E-state index in [2.05, 4.69) is 21.8 Å². The van der Waals surface area contributed by atoms with Crippen molar-refractivity contribution >= 4 is 5.95 Å². The van der Waals surface area contributed by atoms with Crippen LogP contribution in [0.3, 0.4) is 0 Å². The zero-order valence-corrected chi connectivity index (χ0v) is 9.06. The molecule has 1 aliphatic rings. The Morgan fingerprint density at radius 2 is 2.20 bits per heavy atom. The minimum Gasteiger partial charge on any atom is -0.392 e. The lowest BCUT2D eigenvalue weighted by molar-refractivity contribution is 0.281. The third kappa shape index (κ3) is 2.26. The Bertz CT molecular complexity index is 312. The summed E-state index contributed by atoms with van der Waals surface area (Å²) in [7, 11) is 0. The second-order valence-electron chi connectivity index (χ2n) is 4.06. The predicted octanol–water partition coefficient (Wildman–Crippen LogP) is 1.21. The van der Waals surface area contributed by atoms with Crippen molar-refractivity contribution in [3.8, 4) is 0 Å². The van der Waals surface area contributed by atoms with Gasteiger partial charge in [0.2, 0.25) is 5.95 Å². The summed E-state index contributed by atoms with van der Waals surface area (Å²) in [6.45, 7) is 4.35. The number of aliphatic hydroxyl groups is 1. The smallest absolute Gasteiger partial charge is 0.225 e. The molecule has 1 aliphatic heterocycles. The first-order chi connectivity index (χ1) is 7.33. The molecule has 1 atom stereocenters. The number of hydrogen-bond donors (Lipinski definition) is 1. The average Bonchev–Trinajstić information content (AvgIpc) is 2.78. The van der Waals surface area contributed by atoms with Gasteiger partial charge in [-0.15, -0.1) is 0 Å². The number of aliphatic hydroxyl groups excluding tert-OH is 1. The molecule has 4 nitrogen and oxygen atoms in total. The van der Waals surface area contributed by atoms with E-state index >= 15 is 0 Å². The molecule has 1 unspecified atom stereocenters. The monoisotopic (exact) mass is 207 g/mol. The maximum atomic E-state index is 8.88. The summed E-state index contributed by atoms with van der Waals surface area (Å²) in [6.07, 6.45) is 5.86. The molecule has 2 rings (SSSR count). The van der Waals surface area contributed by atoms with Gasteiger partial charge in [-0.3, -0.25) is 0 Å². The summed E-state index contributed by atoms with van der Waals surface area (Å²) in [6, 6.07) is 0. The maximum Gasteiger partial charge on any atom is 0.225 e. The Balaban J connectivity index is 2.04. The van der Waals surface area contributed by atoms with Gasteiger partial charge < -0.3 is 10.0 Å². The van der Waals surface area contributed by atoms with Gasteiger partial charge in [0.05, 0.1) is 6.61 Å². The Labute approximate surface area is 90.0 Å². The Morgan fingerprint density at radius 3 is 2.73 bits per heavy atom. The van der Waals surface area contributed by atoms with Crippen molar-refractivity contribution in [2.75, 3.05) is 18.0 Å². The summed E-state index contributed by atoms with van der Waals surface area (Å²) < 4.78 is 0. The number of hydrogen-bond acceptors (Lipinski definition) is 4. The Hall–Kier alpha value is -1.16. The van der Waals surface area contributed by atoms with Gasteiger partial charge in [-0.05, 0) is 12.3 Å². The van der Waals surface area contributed by atoms with Crippen LogP contribution in [-0.2, 0) is 6.61 Å². The van der Waals surface area contributed by atoms with E-state index in [1.165, 1.54) is 12.8 Å². The van der Waals surface area contributed by atoms with Crippen molar-refractivity contribution in [1.29, 1.82) is 0 Å². The first kappa shape index (κ1) is 10.4. The lowest BCUT2D eigenvalue weighted by atomic mass is 10.1. The first-order valence-electron chi connectivity index (χ1n) is 5.50. The molecule has 15 heavy (non-hydrogen) atoms. The molecule has 1 saturated heterocycles. The third-order valence-corrected chi connectivity index (χ3v) is 3.02. The van der Waals surface area contributed by atoms with Gasteiger partial charge in [0.15, 0.2) is 0 Å². The molecule has 2 heterocycles. The summed E-state index contributed by atoms with van der Waals surface area (Å²) >= 11 is 0. The van der Waals surface area contributed by atoms with Crippen molar-refractivity contribution in [1.82, 2.24) is 9.97 Å². The molecule has 0 aliphatic carbocycles. The van der Waals surface area contributed by atoms with Gasteiger partial charge in [-0.2, -0.15) is 0 Å². The third-order valence-electron chi connectivity index (χ3n) is 3.02. The van der Waals surface area contributed by atoms with Crippen LogP contribution in [-0.4, -0.2) is 28.2 Å². The van der Waals surface area contributed by atoms with Crippen LogP contribution in [0.15, 0.2) is 12.4 Å². The van der Waals surface area contributed by atoms with Crippen LogP contribution in [0.1, 0.15) is 25.3 Å². The summed E-state index contributed by atoms with van der Waals surface area (Å²) in [5.41, 5.74) is 0.769. The predicted molar refractivity (Wildman–Crippen MR) is 58.6 cm³/mol. The van der Waals surface area contributed by atoms with E-state index < -0.39 is 0 Å². The van der Waals surface area contributed by atoms with Crippen LogP contribution in [0, 0.1) is 5.92 Å². The zero-order chi connectivity index (χ0) is 10.7. The molecule has 4 heteroatoms. The normalized spacial score (nSPS) is 20.9. The van der Waals surface area contributed by atoms with E-state index in [0.717, 1.165) is 30.5 Å². The molecule has 0 amide bonds. The highest BCUT2D eigenvalue weighted by atomic mass is 16.3.